The average Bonchev–Trinajstić information content (AvgIpc) is 1.85. The molecule has 2 heteroatoms. The Labute approximate surface area is 75.3 Å². The fraction of sp³-hybridized carbons (Fsp3) is 0.900. The zero-order valence-electron chi connectivity index (χ0n) is 8.97. The molecule has 0 bridgehead atoms. The molecular weight excluding hydrogens is 152 g/mol. The molecule has 0 aliphatic carbocycles. The second-order valence-electron chi connectivity index (χ2n) is 4.85. The standard InChI is InChI=1S/C10H20O2/c1-8(12-7-11)10(5,6)9(2,3)4/h7-8H,1-6H3. The van der Waals surface area contributed by atoms with Gasteiger partial charge in [0.2, 0.25) is 0 Å². The Morgan fingerprint density at radius 3 is 1.83 bits per heavy atom. The second kappa shape index (κ2) is 3.46. The molecule has 0 rings (SSSR count). The third-order valence-corrected chi connectivity index (χ3v) is 3.21. The number of hydrogen-bond donors (Lipinski definition) is 0. The Bertz CT molecular complexity index is 154. The smallest absolute Gasteiger partial charge is 0.293 e. The minimum Gasteiger partial charge on any atom is -0.464 e. The summed E-state index contributed by atoms with van der Waals surface area (Å²) in [6, 6.07) is 0. The van der Waals surface area contributed by atoms with Gasteiger partial charge in [0.05, 0.1) is 0 Å². The topological polar surface area (TPSA) is 26.3 Å². The van der Waals surface area contributed by atoms with Crippen LogP contribution in [-0.4, -0.2) is 12.6 Å². The average molecular weight is 172 g/mol. The molecule has 0 aromatic rings. The van der Waals surface area contributed by atoms with E-state index in [1.54, 1.807) is 0 Å². The van der Waals surface area contributed by atoms with E-state index in [9.17, 15) is 4.79 Å². The molecule has 0 saturated heterocycles. The van der Waals surface area contributed by atoms with Gasteiger partial charge in [-0.3, -0.25) is 4.79 Å². The van der Waals surface area contributed by atoms with Gasteiger partial charge in [-0.1, -0.05) is 34.6 Å². The molecule has 0 spiro atoms. The number of carbonyl (C=O) groups excluding carboxylic acids is 1. The van der Waals surface area contributed by atoms with Crippen molar-refractivity contribution in [2.24, 2.45) is 10.8 Å². The predicted molar refractivity (Wildman–Crippen MR) is 49.8 cm³/mol. The lowest BCUT2D eigenvalue weighted by atomic mass is 9.66. The van der Waals surface area contributed by atoms with Crippen LogP contribution in [0.2, 0.25) is 0 Å². The summed E-state index contributed by atoms with van der Waals surface area (Å²) in [7, 11) is 0. The summed E-state index contributed by atoms with van der Waals surface area (Å²) < 4.78 is 4.95. The van der Waals surface area contributed by atoms with Crippen LogP contribution in [0.15, 0.2) is 0 Å². The Kier molecular flexibility index (Phi) is 3.31. The van der Waals surface area contributed by atoms with Crippen molar-refractivity contribution < 1.29 is 9.53 Å². The fourth-order valence-corrected chi connectivity index (χ4v) is 0.863. The van der Waals surface area contributed by atoms with E-state index in [-0.39, 0.29) is 16.9 Å². The van der Waals surface area contributed by atoms with E-state index in [0.29, 0.717) is 6.47 Å². The molecule has 0 amide bonds. The molecule has 0 saturated carbocycles. The minimum atomic E-state index is -0.0463. The van der Waals surface area contributed by atoms with Gasteiger partial charge in [0.25, 0.3) is 6.47 Å². The van der Waals surface area contributed by atoms with Crippen LogP contribution in [0.3, 0.4) is 0 Å². The highest BCUT2D eigenvalue weighted by Crippen LogP contribution is 2.41. The van der Waals surface area contributed by atoms with Gasteiger partial charge in [-0.05, 0) is 12.3 Å². The van der Waals surface area contributed by atoms with Crippen LogP contribution >= 0.6 is 0 Å². The molecule has 0 heterocycles. The van der Waals surface area contributed by atoms with E-state index in [1.165, 1.54) is 0 Å². The van der Waals surface area contributed by atoms with Crippen LogP contribution < -0.4 is 0 Å². The number of ether oxygens (including phenoxy) is 1. The molecule has 0 aromatic carbocycles. The van der Waals surface area contributed by atoms with Crippen LogP contribution in [0.25, 0.3) is 0 Å². The van der Waals surface area contributed by atoms with E-state index in [1.807, 2.05) is 6.92 Å². The summed E-state index contributed by atoms with van der Waals surface area (Å²) >= 11 is 0. The summed E-state index contributed by atoms with van der Waals surface area (Å²) in [5.74, 6) is 0. The largest absolute Gasteiger partial charge is 0.464 e. The Balaban J connectivity index is 4.48. The minimum absolute atomic E-state index is 0.00604. The van der Waals surface area contributed by atoms with Crippen LogP contribution in [-0.2, 0) is 9.53 Å². The predicted octanol–water partition coefficient (Wildman–Crippen LogP) is 2.62. The zero-order valence-corrected chi connectivity index (χ0v) is 8.97. The summed E-state index contributed by atoms with van der Waals surface area (Å²) in [6.45, 7) is 13.1. The number of hydrogen-bond acceptors (Lipinski definition) is 2. The molecule has 0 aliphatic rings. The zero-order chi connectivity index (χ0) is 9.99. The summed E-state index contributed by atoms with van der Waals surface area (Å²) in [4.78, 5) is 10.2. The monoisotopic (exact) mass is 172 g/mol. The number of carbonyl (C=O) groups is 1. The summed E-state index contributed by atoms with van der Waals surface area (Å²) in [5, 5.41) is 0. The van der Waals surface area contributed by atoms with Gasteiger partial charge < -0.3 is 4.74 Å². The van der Waals surface area contributed by atoms with Crippen molar-refractivity contribution >= 4 is 6.47 Å². The third-order valence-electron chi connectivity index (χ3n) is 3.21. The molecule has 0 aromatic heterocycles. The van der Waals surface area contributed by atoms with Crippen molar-refractivity contribution in [3.63, 3.8) is 0 Å². The normalized spacial score (nSPS) is 15.5. The van der Waals surface area contributed by atoms with Gasteiger partial charge in [0.1, 0.15) is 6.10 Å². The van der Waals surface area contributed by atoms with Gasteiger partial charge in [0, 0.05) is 5.41 Å². The van der Waals surface area contributed by atoms with Crippen LogP contribution in [0.4, 0.5) is 0 Å². The van der Waals surface area contributed by atoms with E-state index >= 15 is 0 Å². The van der Waals surface area contributed by atoms with Crippen molar-refractivity contribution in [3.8, 4) is 0 Å². The van der Waals surface area contributed by atoms with Gasteiger partial charge in [-0.15, -0.1) is 0 Å². The van der Waals surface area contributed by atoms with Crippen molar-refractivity contribution in [3.05, 3.63) is 0 Å². The molecule has 0 N–H and O–H groups in total. The lowest BCUT2D eigenvalue weighted by Gasteiger charge is -2.42. The maximum Gasteiger partial charge on any atom is 0.293 e. The van der Waals surface area contributed by atoms with Crippen LogP contribution in [0.5, 0.6) is 0 Å². The Morgan fingerprint density at radius 1 is 1.17 bits per heavy atom. The van der Waals surface area contributed by atoms with E-state index < -0.39 is 0 Å². The van der Waals surface area contributed by atoms with Gasteiger partial charge in [-0.2, -0.15) is 0 Å². The maximum atomic E-state index is 10.2. The van der Waals surface area contributed by atoms with Crippen LogP contribution in [0.1, 0.15) is 41.5 Å². The third kappa shape index (κ3) is 2.23. The van der Waals surface area contributed by atoms with Crippen molar-refractivity contribution in [1.29, 1.82) is 0 Å². The van der Waals surface area contributed by atoms with Crippen LogP contribution in [0, 0.1) is 10.8 Å². The van der Waals surface area contributed by atoms with Gasteiger partial charge in [-0.25, -0.2) is 0 Å². The van der Waals surface area contributed by atoms with Gasteiger partial charge >= 0.3 is 0 Å². The van der Waals surface area contributed by atoms with E-state index in [4.69, 9.17) is 4.74 Å². The highest BCUT2D eigenvalue weighted by molar-refractivity contribution is 5.37. The molecule has 0 radical (unpaired) electrons. The molecule has 72 valence electrons. The van der Waals surface area contributed by atoms with Crippen molar-refractivity contribution in [1.82, 2.24) is 0 Å². The van der Waals surface area contributed by atoms with Crippen molar-refractivity contribution in [2.75, 3.05) is 0 Å². The highest BCUT2D eigenvalue weighted by Gasteiger charge is 2.38. The first-order valence-corrected chi connectivity index (χ1v) is 4.32. The fourth-order valence-electron chi connectivity index (χ4n) is 0.863. The SMILES string of the molecule is CC(OC=O)C(C)(C)C(C)(C)C. The van der Waals surface area contributed by atoms with E-state index in [0.717, 1.165) is 0 Å². The van der Waals surface area contributed by atoms with Gasteiger partial charge in [0.15, 0.2) is 0 Å². The van der Waals surface area contributed by atoms with Crippen molar-refractivity contribution in [2.45, 2.75) is 47.6 Å². The molecule has 2 nitrogen and oxygen atoms in total. The molecule has 0 fully saturated rings. The number of rotatable bonds is 3. The summed E-state index contributed by atoms with van der Waals surface area (Å²) in [5.41, 5.74) is 0.128. The molecule has 12 heavy (non-hydrogen) atoms. The summed E-state index contributed by atoms with van der Waals surface area (Å²) in [6.07, 6.45) is -0.0463. The molecule has 1 atom stereocenters. The lowest BCUT2D eigenvalue weighted by Crippen LogP contribution is -2.40. The lowest BCUT2D eigenvalue weighted by molar-refractivity contribution is -0.142. The Hall–Kier alpha value is -0.530. The first-order valence-electron chi connectivity index (χ1n) is 4.32. The quantitative estimate of drug-likeness (QED) is 0.612. The second-order valence-corrected chi connectivity index (χ2v) is 4.85. The molecule has 0 aliphatic heterocycles. The first-order chi connectivity index (χ1) is 5.23. The maximum absolute atomic E-state index is 10.2. The molecule has 1 unspecified atom stereocenters. The Morgan fingerprint density at radius 2 is 1.58 bits per heavy atom. The molecular formula is C10H20O2. The first kappa shape index (κ1) is 11.5. The van der Waals surface area contributed by atoms with E-state index in [2.05, 4.69) is 34.6 Å². The highest BCUT2D eigenvalue weighted by atomic mass is 16.5.